The summed E-state index contributed by atoms with van der Waals surface area (Å²) >= 11 is 2.14. The maximum absolute atomic E-state index is 10.8. The zero-order valence-corrected chi connectivity index (χ0v) is 17.1. The molecule has 0 N–H and O–H groups in total. The van der Waals surface area contributed by atoms with Crippen molar-refractivity contribution in [1.82, 2.24) is 0 Å². The van der Waals surface area contributed by atoms with Gasteiger partial charge >= 0.3 is 11.4 Å². The number of benzene rings is 1. The van der Waals surface area contributed by atoms with Gasteiger partial charge in [0.2, 0.25) is 4.90 Å². The van der Waals surface area contributed by atoms with E-state index in [1.165, 1.54) is 35.9 Å². The van der Waals surface area contributed by atoms with Crippen molar-refractivity contribution in [3.8, 4) is 0 Å². The van der Waals surface area contributed by atoms with E-state index >= 15 is 0 Å². The Morgan fingerprint density at radius 3 is 1.89 bits per heavy atom. The molecular formula is C13H17N3O9S3. The molecule has 1 heterocycles. The first kappa shape index (κ1) is 24.1. The van der Waals surface area contributed by atoms with E-state index in [-0.39, 0.29) is 12.1 Å². The number of nitro benzene ring substituents is 3. The highest BCUT2D eigenvalue weighted by Crippen LogP contribution is 2.36. The SMILES string of the molecule is C[S+]1CCCCSCC1.O=[N+]([O-])c1cc([N+](=O)[O-])c(S(=O)(=O)[O-])c([N+](=O)[O-])c1. The second-order valence-corrected chi connectivity index (χ2v) is 10.5. The van der Waals surface area contributed by atoms with Gasteiger partial charge in [-0.15, -0.1) is 0 Å². The van der Waals surface area contributed by atoms with Crippen molar-refractivity contribution < 1.29 is 27.7 Å². The highest BCUT2D eigenvalue weighted by Gasteiger charge is 2.34. The van der Waals surface area contributed by atoms with Gasteiger partial charge in [-0.1, -0.05) is 0 Å². The van der Waals surface area contributed by atoms with Gasteiger partial charge in [0.1, 0.15) is 21.6 Å². The fourth-order valence-corrected chi connectivity index (χ4v) is 6.08. The molecule has 1 aromatic carbocycles. The van der Waals surface area contributed by atoms with Crippen LogP contribution in [0.1, 0.15) is 12.8 Å². The Balaban J connectivity index is 0.000000362. The van der Waals surface area contributed by atoms with Gasteiger partial charge in [-0.3, -0.25) is 30.3 Å². The van der Waals surface area contributed by atoms with E-state index in [1.54, 1.807) is 0 Å². The van der Waals surface area contributed by atoms with Crippen LogP contribution in [-0.4, -0.2) is 57.0 Å². The second kappa shape index (κ2) is 10.5. The molecule has 1 unspecified atom stereocenters. The van der Waals surface area contributed by atoms with E-state index in [9.17, 15) is 43.3 Å². The van der Waals surface area contributed by atoms with Gasteiger partial charge in [0.05, 0.1) is 33.2 Å². The van der Waals surface area contributed by atoms with Crippen molar-refractivity contribution >= 4 is 49.8 Å². The highest BCUT2D eigenvalue weighted by molar-refractivity contribution is 8.01. The minimum absolute atomic E-state index is 0.164. The first-order valence-electron chi connectivity index (χ1n) is 7.69. The van der Waals surface area contributed by atoms with Gasteiger partial charge < -0.3 is 4.55 Å². The Kier molecular flexibility index (Phi) is 9.06. The van der Waals surface area contributed by atoms with E-state index < -0.39 is 46.8 Å². The van der Waals surface area contributed by atoms with E-state index in [1.807, 2.05) is 0 Å². The predicted octanol–water partition coefficient (Wildman–Crippen LogP) is 2.08. The molecule has 1 aromatic rings. The highest BCUT2D eigenvalue weighted by atomic mass is 32.2. The molecule has 0 spiro atoms. The van der Waals surface area contributed by atoms with Gasteiger partial charge in [0.25, 0.3) is 5.69 Å². The van der Waals surface area contributed by atoms with Crippen LogP contribution < -0.4 is 0 Å². The summed E-state index contributed by atoms with van der Waals surface area (Å²) in [5, 5.41) is 31.6. The molecule has 0 saturated carbocycles. The molecule has 1 aliphatic rings. The predicted molar refractivity (Wildman–Crippen MR) is 104 cm³/mol. The number of hydrogen-bond acceptors (Lipinski definition) is 10. The van der Waals surface area contributed by atoms with Crippen LogP contribution in [0.15, 0.2) is 17.0 Å². The van der Waals surface area contributed by atoms with Crippen LogP contribution in [0.25, 0.3) is 0 Å². The van der Waals surface area contributed by atoms with Crippen LogP contribution in [0.5, 0.6) is 0 Å². The number of nitro groups is 3. The van der Waals surface area contributed by atoms with E-state index in [4.69, 9.17) is 0 Å². The summed E-state index contributed by atoms with van der Waals surface area (Å²) in [7, 11) is -4.79. The summed E-state index contributed by atoms with van der Waals surface area (Å²) in [4.78, 5) is 25.8. The van der Waals surface area contributed by atoms with Gasteiger partial charge in [-0.05, 0) is 29.5 Å². The monoisotopic (exact) mass is 455 g/mol. The van der Waals surface area contributed by atoms with Crippen LogP contribution in [-0.2, 0) is 21.0 Å². The summed E-state index contributed by atoms with van der Waals surface area (Å²) in [5.41, 5.74) is -4.11. The molecule has 0 aromatic heterocycles. The number of rotatable bonds is 4. The molecule has 1 fully saturated rings. The lowest BCUT2D eigenvalue weighted by atomic mass is 10.2. The smallest absolute Gasteiger partial charge is 0.300 e. The molecule has 1 saturated heterocycles. The molecule has 15 heteroatoms. The fourth-order valence-electron chi connectivity index (χ4n) is 2.17. The van der Waals surface area contributed by atoms with Gasteiger partial charge in [0.15, 0.2) is 0 Å². The first-order valence-corrected chi connectivity index (χ1v) is 12.2. The molecule has 0 amide bonds. The normalized spacial score (nSPS) is 17.4. The third-order valence-corrected chi connectivity index (χ3v) is 7.63. The minimum atomic E-state index is -5.55. The van der Waals surface area contributed by atoms with Crippen LogP contribution >= 0.6 is 11.8 Å². The van der Waals surface area contributed by atoms with Crippen molar-refractivity contribution in [3.05, 3.63) is 42.5 Å². The molecular weight excluding hydrogens is 438 g/mol. The lowest BCUT2D eigenvalue weighted by Gasteiger charge is -2.07. The molecule has 28 heavy (non-hydrogen) atoms. The maximum atomic E-state index is 10.8. The topological polar surface area (TPSA) is 187 Å². The zero-order valence-electron chi connectivity index (χ0n) is 14.6. The number of non-ortho nitro benzene ring substituents is 1. The standard InChI is InChI=1S/C7H15S2.C6H3N3O9S/c1-9-6-3-2-4-8-5-7-9;10-7(11)3-1-4(8(12)13)6(19(16,17)18)5(2-3)9(14)15/h2-7H2,1H3;1-2H,(H,16,17,18)/q+1;/p-1. The zero-order chi connectivity index (χ0) is 21.5. The maximum Gasteiger partial charge on any atom is 0.300 e. The third kappa shape index (κ3) is 7.21. The van der Waals surface area contributed by atoms with Gasteiger partial charge in [0, 0.05) is 5.75 Å². The fraction of sp³-hybridized carbons (Fsp3) is 0.538. The van der Waals surface area contributed by atoms with Crippen LogP contribution in [0, 0.1) is 30.3 Å². The van der Waals surface area contributed by atoms with Crippen molar-refractivity contribution in [2.24, 2.45) is 0 Å². The van der Waals surface area contributed by atoms with Crippen molar-refractivity contribution in [2.45, 2.75) is 17.7 Å². The van der Waals surface area contributed by atoms with Gasteiger partial charge in [-0.2, -0.15) is 11.8 Å². The summed E-state index contributed by atoms with van der Waals surface area (Å²) in [5.74, 6) is 5.81. The molecule has 0 bridgehead atoms. The molecule has 1 atom stereocenters. The van der Waals surface area contributed by atoms with Crippen molar-refractivity contribution in [2.75, 3.05) is 29.3 Å². The van der Waals surface area contributed by atoms with E-state index in [2.05, 4.69) is 18.0 Å². The number of thioether (sulfide) groups is 1. The Morgan fingerprint density at radius 1 is 0.929 bits per heavy atom. The lowest BCUT2D eigenvalue weighted by Crippen LogP contribution is -2.14. The Bertz CT molecular complexity index is 817. The molecule has 0 aliphatic carbocycles. The van der Waals surface area contributed by atoms with E-state index in [0.717, 1.165) is 10.9 Å². The molecule has 2 rings (SSSR count). The molecule has 1 aliphatic heterocycles. The first-order chi connectivity index (χ1) is 12.9. The second-order valence-electron chi connectivity index (χ2n) is 5.55. The lowest BCUT2D eigenvalue weighted by molar-refractivity contribution is -0.407. The van der Waals surface area contributed by atoms with Crippen molar-refractivity contribution in [3.63, 3.8) is 0 Å². The summed E-state index contributed by atoms with van der Waals surface area (Å²) in [6.07, 6.45) is 5.35. The molecule has 0 radical (unpaired) electrons. The molecule has 12 nitrogen and oxygen atoms in total. The van der Waals surface area contributed by atoms with Crippen LogP contribution in [0.2, 0.25) is 0 Å². The van der Waals surface area contributed by atoms with Crippen molar-refractivity contribution in [1.29, 1.82) is 0 Å². The van der Waals surface area contributed by atoms with Crippen LogP contribution in [0.3, 0.4) is 0 Å². The third-order valence-electron chi connectivity index (χ3n) is 3.50. The average Bonchev–Trinajstić information content (AvgIpc) is 2.56. The van der Waals surface area contributed by atoms with Gasteiger partial charge in [-0.25, -0.2) is 8.42 Å². The molecule has 156 valence electrons. The minimum Gasteiger partial charge on any atom is -0.744 e. The van der Waals surface area contributed by atoms with E-state index in [0.29, 0.717) is 0 Å². The summed E-state index contributed by atoms with van der Waals surface area (Å²) in [6, 6.07) is 0.329. The number of nitrogens with zero attached hydrogens (tertiary/aromatic N) is 3. The Labute approximate surface area is 167 Å². The summed E-state index contributed by atoms with van der Waals surface area (Å²) in [6.45, 7) is 0. The summed E-state index contributed by atoms with van der Waals surface area (Å²) < 4.78 is 32.5. The average molecular weight is 455 g/mol. The van der Waals surface area contributed by atoms with Crippen LogP contribution in [0.4, 0.5) is 17.1 Å². The largest absolute Gasteiger partial charge is 0.744 e. The Morgan fingerprint density at radius 2 is 1.46 bits per heavy atom. The quantitative estimate of drug-likeness (QED) is 0.281. The Hall–Kier alpha value is -1.97. The number of hydrogen-bond donors (Lipinski definition) is 0.